The minimum atomic E-state index is 0.350. The van der Waals surface area contributed by atoms with Gasteiger partial charge in [0.05, 0.1) is 5.69 Å². The molecule has 0 aliphatic carbocycles. The maximum absolute atomic E-state index is 4.38. The third-order valence-corrected chi connectivity index (χ3v) is 3.57. The molecule has 1 aliphatic heterocycles. The molecular weight excluding hydrogens is 210 g/mol. The van der Waals surface area contributed by atoms with E-state index in [2.05, 4.69) is 41.3 Å². The van der Waals surface area contributed by atoms with E-state index >= 15 is 0 Å². The highest BCUT2D eigenvalue weighted by Crippen LogP contribution is 2.16. The molecule has 0 saturated carbocycles. The van der Waals surface area contributed by atoms with Gasteiger partial charge in [-0.2, -0.15) is 0 Å². The predicted octanol–water partition coefficient (Wildman–Crippen LogP) is 2.07. The van der Waals surface area contributed by atoms with Crippen LogP contribution < -0.4 is 5.32 Å². The van der Waals surface area contributed by atoms with Crippen molar-refractivity contribution in [1.29, 1.82) is 0 Å². The van der Waals surface area contributed by atoms with Gasteiger partial charge < -0.3 is 10.2 Å². The zero-order valence-electron chi connectivity index (χ0n) is 10.9. The molecule has 1 aromatic heterocycles. The SMILES string of the molecule is C[C@@H](NC[C@@H]1CCCN(C)C1)c1ccccn1. The van der Waals surface area contributed by atoms with E-state index in [0.717, 1.165) is 18.2 Å². The van der Waals surface area contributed by atoms with Gasteiger partial charge in [-0.25, -0.2) is 0 Å². The maximum Gasteiger partial charge on any atom is 0.0570 e. The third kappa shape index (κ3) is 3.79. The van der Waals surface area contributed by atoms with Crippen molar-refractivity contribution in [2.24, 2.45) is 5.92 Å². The highest BCUT2D eigenvalue weighted by molar-refractivity contribution is 5.07. The molecule has 0 spiro atoms. The Morgan fingerprint density at radius 3 is 3.12 bits per heavy atom. The van der Waals surface area contributed by atoms with E-state index in [1.807, 2.05) is 12.3 Å². The molecule has 0 bridgehead atoms. The van der Waals surface area contributed by atoms with Crippen LogP contribution in [-0.4, -0.2) is 36.6 Å². The lowest BCUT2D eigenvalue weighted by Crippen LogP contribution is -2.38. The van der Waals surface area contributed by atoms with Crippen molar-refractivity contribution in [2.45, 2.75) is 25.8 Å². The van der Waals surface area contributed by atoms with E-state index in [1.165, 1.54) is 25.9 Å². The Labute approximate surface area is 104 Å². The normalized spacial score (nSPS) is 23.5. The van der Waals surface area contributed by atoms with Crippen LogP contribution >= 0.6 is 0 Å². The van der Waals surface area contributed by atoms with Crippen LogP contribution in [0, 0.1) is 5.92 Å². The van der Waals surface area contributed by atoms with Crippen LogP contribution in [0.1, 0.15) is 31.5 Å². The van der Waals surface area contributed by atoms with Gasteiger partial charge in [0.15, 0.2) is 0 Å². The van der Waals surface area contributed by atoms with Crippen molar-refractivity contribution in [3.63, 3.8) is 0 Å². The van der Waals surface area contributed by atoms with Crippen molar-refractivity contribution in [1.82, 2.24) is 15.2 Å². The first kappa shape index (κ1) is 12.5. The lowest BCUT2D eigenvalue weighted by molar-refractivity contribution is 0.203. The number of nitrogens with one attached hydrogen (secondary N) is 1. The number of piperidine rings is 1. The van der Waals surface area contributed by atoms with Gasteiger partial charge in [0.1, 0.15) is 0 Å². The molecular formula is C14H23N3. The predicted molar refractivity (Wildman–Crippen MR) is 70.9 cm³/mol. The van der Waals surface area contributed by atoms with Crippen LogP contribution in [0.15, 0.2) is 24.4 Å². The summed E-state index contributed by atoms with van der Waals surface area (Å²) < 4.78 is 0. The van der Waals surface area contributed by atoms with Gasteiger partial charge >= 0.3 is 0 Å². The first-order valence-corrected chi connectivity index (χ1v) is 6.58. The van der Waals surface area contributed by atoms with Gasteiger partial charge in [-0.15, -0.1) is 0 Å². The van der Waals surface area contributed by atoms with Crippen molar-refractivity contribution in [3.8, 4) is 0 Å². The van der Waals surface area contributed by atoms with Crippen LogP contribution in [0.5, 0.6) is 0 Å². The van der Waals surface area contributed by atoms with Gasteiger partial charge in [0.25, 0.3) is 0 Å². The molecule has 0 unspecified atom stereocenters. The van der Waals surface area contributed by atoms with E-state index in [-0.39, 0.29) is 0 Å². The second-order valence-electron chi connectivity index (χ2n) is 5.16. The molecule has 3 nitrogen and oxygen atoms in total. The van der Waals surface area contributed by atoms with Crippen molar-refractivity contribution in [3.05, 3.63) is 30.1 Å². The van der Waals surface area contributed by atoms with Crippen LogP contribution in [-0.2, 0) is 0 Å². The van der Waals surface area contributed by atoms with Crippen LogP contribution in [0.4, 0.5) is 0 Å². The minimum absolute atomic E-state index is 0.350. The lowest BCUT2D eigenvalue weighted by atomic mass is 9.98. The Kier molecular flexibility index (Phi) is 4.51. The van der Waals surface area contributed by atoms with E-state index in [0.29, 0.717) is 6.04 Å². The molecule has 2 atom stereocenters. The molecule has 0 radical (unpaired) electrons. The Morgan fingerprint density at radius 1 is 1.53 bits per heavy atom. The summed E-state index contributed by atoms with van der Waals surface area (Å²) in [7, 11) is 2.22. The van der Waals surface area contributed by atoms with Crippen molar-refractivity contribution < 1.29 is 0 Å². The van der Waals surface area contributed by atoms with Crippen LogP contribution in [0.2, 0.25) is 0 Å². The van der Waals surface area contributed by atoms with Gasteiger partial charge in [0, 0.05) is 18.8 Å². The summed E-state index contributed by atoms with van der Waals surface area (Å²) >= 11 is 0. The summed E-state index contributed by atoms with van der Waals surface area (Å²) in [6.07, 6.45) is 4.55. The average Bonchev–Trinajstić information content (AvgIpc) is 2.37. The molecule has 1 aliphatic rings. The molecule has 1 aromatic rings. The van der Waals surface area contributed by atoms with Crippen LogP contribution in [0.25, 0.3) is 0 Å². The fourth-order valence-corrected chi connectivity index (χ4v) is 2.52. The smallest absolute Gasteiger partial charge is 0.0570 e. The standard InChI is InChI=1S/C14H23N3/c1-12(14-7-3-4-8-15-14)16-10-13-6-5-9-17(2)11-13/h3-4,7-8,12-13,16H,5-6,9-11H2,1-2H3/t12-,13+/m1/s1. The monoisotopic (exact) mass is 233 g/mol. The molecule has 94 valence electrons. The highest BCUT2D eigenvalue weighted by Gasteiger charge is 2.17. The topological polar surface area (TPSA) is 28.2 Å². The summed E-state index contributed by atoms with van der Waals surface area (Å²) in [6, 6.07) is 6.45. The molecule has 2 rings (SSSR count). The van der Waals surface area contributed by atoms with Crippen molar-refractivity contribution >= 4 is 0 Å². The Hall–Kier alpha value is -0.930. The second-order valence-corrected chi connectivity index (χ2v) is 5.16. The molecule has 0 aromatic carbocycles. The summed E-state index contributed by atoms with van der Waals surface area (Å²) in [5.74, 6) is 0.792. The molecule has 0 amide bonds. The molecule has 2 heterocycles. The van der Waals surface area contributed by atoms with Crippen LogP contribution in [0.3, 0.4) is 0 Å². The zero-order chi connectivity index (χ0) is 12.1. The number of pyridine rings is 1. The first-order chi connectivity index (χ1) is 8.25. The quantitative estimate of drug-likeness (QED) is 0.863. The number of hydrogen-bond acceptors (Lipinski definition) is 3. The number of hydrogen-bond donors (Lipinski definition) is 1. The maximum atomic E-state index is 4.38. The Balaban J connectivity index is 1.78. The molecule has 1 N–H and O–H groups in total. The number of rotatable bonds is 4. The summed E-state index contributed by atoms with van der Waals surface area (Å²) in [5, 5.41) is 3.60. The van der Waals surface area contributed by atoms with Gasteiger partial charge in [-0.1, -0.05) is 6.07 Å². The van der Waals surface area contributed by atoms with E-state index < -0.39 is 0 Å². The number of nitrogens with zero attached hydrogens (tertiary/aromatic N) is 2. The second kappa shape index (κ2) is 6.12. The summed E-state index contributed by atoms with van der Waals surface area (Å²) in [5.41, 5.74) is 1.14. The number of aromatic nitrogens is 1. The average molecular weight is 233 g/mol. The highest BCUT2D eigenvalue weighted by atomic mass is 15.1. The molecule has 1 fully saturated rings. The van der Waals surface area contributed by atoms with E-state index in [1.54, 1.807) is 0 Å². The van der Waals surface area contributed by atoms with Gasteiger partial charge in [-0.05, 0) is 58.0 Å². The lowest BCUT2D eigenvalue weighted by Gasteiger charge is -2.30. The van der Waals surface area contributed by atoms with E-state index in [4.69, 9.17) is 0 Å². The molecule has 17 heavy (non-hydrogen) atoms. The third-order valence-electron chi connectivity index (χ3n) is 3.57. The van der Waals surface area contributed by atoms with Gasteiger partial charge in [-0.3, -0.25) is 4.98 Å². The first-order valence-electron chi connectivity index (χ1n) is 6.58. The number of likely N-dealkylation sites (tertiary alicyclic amines) is 1. The minimum Gasteiger partial charge on any atom is -0.309 e. The fourth-order valence-electron chi connectivity index (χ4n) is 2.52. The Bertz CT molecular complexity index is 325. The molecule has 1 saturated heterocycles. The fraction of sp³-hybridized carbons (Fsp3) is 0.643. The van der Waals surface area contributed by atoms with Gasteiger partial charge in [0.2, 0.25) is 0 Å². The largest absolute Gasteiger partial charge is 0.309 e. The summed E-state index contributed by atoms with van der Waals surface area (Å²) in [6.45, 7) is 5.77. The zero-order valence-corrected chi connectivity index (χ0v) is 10.9. The summed E-state index contributed by atoms with van der Waals surface area (Å²) in [4.78, 5) is 6.82. The van der Waals surface area contributed by atoms with E-state index in [9.17, 15) is 0 Å². The van der Waals surface area contributed by atoms with Crippen molar-refractivity contribution in [2.75, 3.05) is 26.7 Å². The molecule has 3 heteroatoms. The Morgan fingerprint density at radius 2 is 2.41 bits per heavy atom.